The lowest BCUT2D eigenvalue weighted by molar-refractivity contribution is -0.137. The number of aromatic hydroxyl groups is 1. The van der Waals surface area contributed by atoms with Gasteiger partial charge in [-0.15, -0.1) is 11.8 Å². The molecule has 1 aliphatic heterocycles. The van der Waals surface area contributed by atoms with Gasteiger partial charge in [0.05, 0.1) is 23.9 Å². The van der Waals surface area contributed by atoms with E-state index < -0.39 is 28.9 Å². The topological polar surface area (TPSA) is 105 Å². The summed E-state index contributed by atoms with van der Waals surface area (Å²) in [6, 6.07) is 7.47. The average molecular weight is 464 g/mol. The summed E-state index contributed by atoms with van der Waals surface area (Å²) >= 11 is 1.20. The summed E-state index contributed by atoms with van der Waals surface area (Å²) in [7, 11) is 1.45. The maximum absolute atomic E-state index is 12.9. The lowest BCUT2D eigenvalue weighted by Gasteiger charge is -2.24. The molecule has 166 valence electrons. The van der Waals surface area contributed by atoms with Gasteiger partial charge in [-0.3, -0.25) is 15.0 Å². The standard InChI is InChI=1S/C20H15F3N4O4S/c1-31-12-3-4-13(15(28)7-12)19-27(16(29)9-32-19)26-18(30)17-24-8-10-6-11(20(21,22)23)2-5-14(10)25-17/h2-8,19,28H,9H2,1H3,(H,26,30). The first-order chi connectivity index (χ1) is 15.2. The Morgan fingerprint density at radius 2 is 2.06 bits per heavy atom. The first-order valence-electron chi connectivity index (χ1n) is 9.13. The number of nitrogens with one attached hydrogen (secondary N) is 1. The molecule has 0 spiro atoms. The van der Waals surface area contributed by atoms with Crippen LogP contribution in [0.1, 0.15) is 27.1 Å². The number of ether oxygens (including phenoxy) is 1. The third-order valence-corrected chi connectivity index (χ3v) is 5.90. The predicted octanol–water partition coefficient (Wildman–Crippen LogP) is 3.28. The molecule has 32 heavy (non-hydrogen) atoms. The number of rotatable bonds is 4. The number of amides is 2. The summed E-state index contributed by atoms with van der Waals surface area (Å²) in [5.41, 5.74) is 2.11. The van der Waals surface area contributed by atoms with Crippen LogP contribution in [-0.2, 0) is 11.0 Å². The third kappa shape index (κ3) is 4.13. The molecule has 8 nitrogen and oxygen atoms in total. The Kier molecular flexibility index (Phi) is 5.55. The third-order valence-electron chi connectivity index (χ3n) is 4.70. The molecular weight excluding hydrogens is 449 g/mol. The minimum atomic E-state index is -4.51. The van der Waals surface area contributed by atoms with Gasteiger partial charge in [0.2, 0.25) is 5.82 Å². The fourth-order valence-corrected chi connectivity index (χ4v) is 4.25. The molecule has 4 rings (SSSR count). The van der Waals surface area contributed by atoms with Gasteiger partial charge in [-0.2, -0.15) is 13.2 Å². The van der Waals surface area contributed by atoms with Crippen molar-refractivity contribution in [3.8, 4) is 11.5 Å². The molecule has 1 aliphatic rings. The van der Waals surface area contributed by atoms with Gasteiger partial charge >= 0.3 is 12.1 Å². The van der Waals surface area contributed by atoms with E-state index in [9.17, 15) is 27.9 Å². The number of hydrogen-bond acceptors (Lipinski definition) is 7. The van der Waals surface area contributed by atoms with Crippen LogP contribution >= 0.6 is 11.8 Å². The average Bonchev–Trinajstić information content (AvgIpc) is 3.12. The highest BCUT2D eigenvalue weighted by molar-refractivity contribution is 8.00. The maximum Gasteiger partial charge on any atom is 0.416 e. The van der Waals surface area contributed by atoms with E-state index in [1.54, 1.807) is 12.1 Å². The number of halogens is 3. The SMILES string of the molecule is COc1ccc(C2SCC(=O)N2NC(=O)c2ncc3cc(C(F)(F)F)ccc3n2)c(O)c1. The van der Waals surface area contributed by atoms with Crippen molar-refractivity contribution in [1.82, 2.24) is 20.4 Å². The van der Waals surface area contributed by atoms with Crippen molar-refractivity contribution >= 4 is 34.5 Å². The zero-order valence-corrected chi connectivity index (χ0v) is 17.2. The summed E-state index contributed by atoms with van der Waals surface area (Å²) in [4.78, 5) is 32.9. The number of hydrogen-bond donors (Lipinski definition) is 2. The minimum absolute atomic E-state index is 0.0647. The van der Waals surface area contributed by atoms with Crippen LogP contribution in [0, 0.1) is 0 Å². The van der Waals surface area contributed by atoms with E-state index in [0.29, 0.717) is 11.3 Å². The highest BCUT2D eigenvalue weighted by Gasteiger charge is 2.36. The highest BCUT2D eigenvalue weighted by atomic mass is 32.2. The quantitative estimate of drug-likeness (QED) is 0.611. The zero-order valence-electron chi connectivity index (χ0n) is 16.4. The van der Waals surface area contributed by atoms with Crippen molar-refractivity contribution in [3.05, 3.63) is 59.5 Å². The second kappa shape index (κ2) is 8.19. The van der Waals surface area contributed by atoms with Crippen molar-refractivity contribution < 1.29 is 32.6 Å². The first kappa shape index (κ1) is 21.7. The van der Waals surface area contributed by atoms with Crippen LogP contribution in [0.25, 0.3) is 10.9 Å². The Labute approximate surface area is 183 Å². The molecule has 0 radical (unpaired) electrons. The number of nitrogens with zero attached hydrogens (tertiary/aromatic N) is 3. The van der Waals surface area contributed by atoms with Crippen molar-refractivity contribution in [2.75, 3.05) is 12.9 Å². The number of carbonyl (C=O) groups excluding carboxylic acids is 2. The van der Waals surface area contributed by atoms with E-state index in [1.807, 2.05) is 0 Å². The number of phenols is 1. The molecule has 1 fully saturated rings. The van der Waals surface area contributed by atoms with E-state index in [2.05, 4.69) is 15.4 Å². The van der Waals surface area contributed by atoms with E-state index in [0.717, 1.165) is 29.4 Å². The lowest BCUT2D eigenvalue weighted by Crippen LogP contribution is -2.45. The van der Waals surface area contributed by atoms with Gasteiger partial charge in [0, 0.05) is 23.2 Å². The molecule has 12 heteroatoms. The summed E-state index contributed by atoms with van der Waals surface area (Å²) in [6.07, 6.45) is -3.40. The fourth-order valence-electron chi connectivity index (χ4n) is 3.11. The van der Waals surface area contributed by atoms with Crippen molar-refractivity contribution in [2.24, 2.45) is 0 Å². The fraction of sp³-hybridized carbons (Fsp3) is 0.200. The summed E-state index contributed by atoms with van der Waals surface area (Å²) in [5.74, 6) is -1.16. The Bertz CT molecular complexity index is 1220. The van der Waals surface area contributed by atoms with Gasteiger partial charge in [0.25, 0.3) is 5.91 Å². The molecule has 2 N–H and O–H groups in total. The molecule has 2 aromatic carbocycles. The first-order valence-corrected chi connectivity index (χ1v) is 10.2. The van der Waals surface area contributed by atoms with E-state index >= 15 is 0 Å². The smallest absolute Gasteiger partial charge is 0.416 e. The number of alkyl halides is 3. The summed E-state index contributed by atoms with van der Waals surface area (Å²) in [5, 5.41) is 10.8. The molecule has 2 amide bonds. The lowest BCUT2D eigenvalue weighted by atomic mass is 10.1. The van der Waals surface area contributed by atoms with Crippen LogP contribution in [0.5, 0.6) is 11.5 Å². The number of fused-ring (bicyclic) bond motifs is 1. The van der Waals surface area contributed by atoms with Crippen molar-refractivity contribution in [2.45, 2.75) is 11.6 Å². The van der Waals surface area contributed by atoms with Crippen LogP contribution in [0.3, 0.4) is 0 Å². The van der Waals surface area contributed by atoms with Crippen LogP contribution in [-0.4, -0.2) is 44.8 Å². The Morgan fingerprint density at radius 1 is 1.28 bits per heavy atom. The maximum atomic E-state index is 12.9. The van der Waals surface area contributed by atoms with Gasteiger partial charge in [0.15, 0.2) is 0 Å². The Balaban J connectivity index is 1.58. The molecule has 1 unspecified atom stereocenters. The second-order valence-corrected chi connectivity index (χ2v) is 7.83. The number of benzene rings is 2. The van der Waals surface area contributed by atoms with Crippen LogP contribution < -0.4 is 10.2 Å². The molecule has 1 atom stereocenters. The molecule has 2 heterocycles. The van der Waals surface area contributed by atoms with Crippen molar-refractivity contribution in [3.63, 3.8) is 0 Å². The van der Waals surface area contributed by atoms with Gasteiger partial charge in [-0.05, 0) is 30.3 Å². The largest absolute Gasteiger partial charge is 0.507 e. The van der Waals surface area contributed by atoms with Crippen LogP contribution in [0.2, 0.25) is 0 Å². The Hall–Kier alpha value is -3.54. The monoisotopic (exact) mass is 464 g/mol. The summed E-state index contributed by atoms with van der Waals surface area (Å²) < 4.78 is 43.6. The van der Waals surface area contributed by atoms with E-state index in [1.165, 1.54) is 24.9 Å². The van der Waals surface area contributed by atoms with Gasteiger partial charge in [0.1, 0.15) is 16.9 Å². The van der Waals surface area contributed by atoms with E-state index in [-0.39, 0.29) is 28.2 Å². The number of phenolic OH excluding ortho intramolecular Hbond substituents is 1. The second-order valence-electron chi connectivity index (χ2n) is 6.76. The number of hydrazine groups is 1. The molecule has 0 aliphatic carbocycles. The minimum Gasteiger partial charge on any atom is -0.507 e. The predicted molar refractivity (Wildman–Crippen MR) is 109 cm³/mol. The molecular formula is C20H15F3N4O4S. The number of carbonyl (C=O) groups is 2. The van der Waals surface area contributed by atoms with Crippen molar-refractivity contribution in [1.29, 1.82) is 0 Å². The zero-order chi connectivity index (χ0) is 23.0. The molecule has 0 bridgehead atoms. The normalized spacial score (nSPS) is 16.4. The molecule has 0 saturated carbocycles. The number of aromatic nitrogens is 2. The van der Waals surface area contributed by atoms with Gasteiger partial charge < -0.3 is 9.84 Å². The van der Waals surface area contributed by atoms with Gasteiger partial charge in [-0.1, -0.05) is 0 Å². The molecule has 1 saturated heterocycles. The molecule has 1 aromatic heterocycles. The highest BCUT2D eigenvalue weighted by Crippen LogP contribution is 2.42. The number of thioether (sulfide) groups is 1. The van der Waals surface area contributed by atoms with Crippen LogP contribution in [0.15, 0.2) is 42.6 Å². The molecule has 3 aromatic rings. The van der Waals surface area contributed by atoms with E-state index in [4.69, 9.17) is 4.74 Å². The van der Waals surface area contributed by atoms with Crippen LogP contribution in [0.4, 0.5) is 13.2 Å². The Morgan fingerprint density at radius 3 is 2.75 bits per heavy atom. The number of methoxy groups -OCH3 is 1. The van der Waals surface area contributed by atoms with Gasteiger partial charge in [-0.25, -0.2) is 15.0 Å². The summed E-state index contributed by atoms with van der Waals surface area (Å²) in [6.45, 7) is 0.